The molecular weight excluding hydrogens is 429 g/mol. The van der Waals surface area contributed by atoms with Gasteiger partial charge < -0.3 is 9.47 Å². The van der Waals surface area contributed by atoms with Gasteiger partial charge in [-0.1, -0.05) is 19.1 Å². The van der Waals surface area contributed by atoms with Crippen molar-refractivity contribution in [2.24, 2.45) is 11.8 Å². The molecule has 5 heteroatoms. The first-order chi connectivity index (χ1) is 16.4. The third-order valence-corrected chi connectivity index (χ3v) is 7.30. The number of methoxy groups -OCH3 is 1. The SMILES string of the molecule is COc1ccc(F)c(-c2cnc3c(c2)CC[C@H]3Oc2cccc([C@H](C3CC3)[C@H](C)C(C)=O)c2)c1. The minimum Gasteiger partial charge on any atom is -0.497 e. The molecular formula is C29H30FNO3. The van der Waals surface area contributed by atoms with Crippen molar-refractivity contribution < 1.29 is 18.7 Å². The van der Waals surface area contributed by atoms with Crippen LogP contribution < -0.4 is 9.47 Å². The lowest BCUT2D eigenvalue weighted by Crippen LogP contribution is -2.19. The second kappa shape index (κ2) is 9.21. The van der Waals surface area contributed by atoms with Crippen LogP contribution in [-0.4, -0.2) is 17.9 Å². The molecule has 3 atom stereocenters. The summed E-state index contributed by atoms with van der Waals surface area (Å²) in [6.45, 7) is 3.73. The minimum atomic E-state index is -0.296. The number of ketones is 1. The average Bonchev–Trinajstić information content (AvgIpc) is 3.60. The topological polar surface area (TPSA) is 48.4 Å². The number of fused-ring (bicyclic) bond motifs is 1. The van der Waals surface area contributed by atoms with E-state index in [0.29, 0.717) is 17.2 Å². The largest absolute Gasteiger partial charge is 0.497 e. The number of hydrogen-bond donors (Lipinski definition) is 0. The van der Waals surface area contributed by atoms with Crippen LogP contribution in [0.4, 0.5) is 4.39 Å². The Labute approximate surface area is 200 Å². The normalized spacial score (nSPS) is 18.8. The molecule has 1 saturated carbocycles. The fraction of sp³-hybridized carbons (Fsp3) is 0.379. The highest BCUT2D eigenvalue weighted by molar-refractivity contribution is 5.79. The second-order valence-electron chi connectivity index (χ2n) is 9.59. The first-order valence-electron chi connectivity index (χ1n) is 12.0. The summed E-state index contributed by atoms with van der Waals surface area (Å²) in [5.41, 5.74) is 4.40. The molecule has 0 amide bonds. The van der Waals surface area contributed by atoms with Crippen LogP contribution in [0, 0.1) is 17.7 Å². The van der Waals surface area contributed by atoms with Gasteiger partial charge in [-0.15, -0.1) is 0 Å². The number of carbonyl (C=O) groups is 1. The lowest BCUT2D eigenvalue weighted by molar-refractivity contribution is -0.121. The van der Waals surface area contributed by atoms with Crippen LogP contribution in [0.2, 0.25) is 0 Å². The van der Waals surface area contributed by atoms with Crippen molar-refractivity contribution in [2.45, 2.75) is 51.6 Å². The molecule has 0 spiro atoms. The minimum absolute atomic E-state index is 0.00653. The van der Waals surface area contributed by atoms with Crippen LogP contribution in [0.25, 0.3) is 11.1 Å². The maximum absolute atomic E-state index is 14.4. The molecule has 3 aromatic rings. The number of carbonyl (C=O) groups excluding carboxylic acids is 1. The van der Waals surface area contributed by atoms with Crippen LogP contribution >= 0.6 is 0 Å². The smallest absolute Gasteiger partial charge is 0.141 e. The van der Waals surface area contributed by atoms with Gasteiger partial charge in [-0.25, -0.2) is 4.39 Å². The van der Waals surface area contributed by atoms with Crippen molar-refractivity contribution in [1.82, 2.24) is 4.98 Å². The third kappa shape index (κ3) is 4.44. The first-order valence-corrected chi connectivity index (χ1v) is 12.0. The number of Topliss-reactive ketones (excluding diaryl/α,β-unsaturated/α-hetero) is 1. The maximum atomic E-state index is 14.4. The lowest BCUT2D eigenvalue weighted by Gasteiger charge is -2.23. The molecule has 34 heavy (non-hydrogen) atoms. The molecule has 0 saturated heterocycles. The Hall–Kier alpha value is -3.21. The number of aromatic nitrogens is 1. The summed E-state index contributed by atoms with van der Waals surface area (Å²) in [6, 6.07) is 15.0. The van der Waals surface area contributed by atoms with E-state index < -0.39 is 0 Å². The van der Waals surface area contributed by atoms with Crippen LogP contribution in [-0.2, 0) is 11.2 Å². The van der Waals surface area contributed by atoms with Gasteiger partial charge in [0.2, 0.25) is 0 Å². The van der Waals surface area contributed by atoms with E-state index in [4.69, 9.17) is 9.47 Å². The molecule has 0 unspecified atom stereocenters. The van der Waals surface area contributed by atoms with Gasteiger partial charge >= 0.3 is 0 Å². The first kappa shape index (κ1) is 22.6. The highest BCUT2D eigenvalue weighted by atomic mass is 19.1. The summed E-state index contributed by atoms with van der Waals surface area (Å²) < 4.78 is 26.1. The molecule has 0 aliphatic heterocycles. The predicted molar refractivity (Wildman–Crippen MR) is 130 cm³/mol. The monoisotopic (exact) mass is 459 g/mol. The van der Waals surface area contributed by atoms with Crippen molar-refractivity contribution >= 4 is 5.78 Å². The summed E-state index contributed by atoms with van der Waals surface area (Å²) in [7, 11) is 1.57. The number of rotatable bonds is 8. The van der Waals surface area contributed by atoms with Gasteiger partial charge in [0.05, 0.1) is 12.8 Å². The van der Waals surface area contributed by atoms with Gasteiger partial charge in [0.25, 0.3) is 0 Å². The van der Waals surface area contributed by atoms with Gasteiger partial charge in [-0.3, -0.25) is 9.78 Å². The van der Waals surface area contributed by atoms with E-state index >= 15 is 0 Å². The van der Waals surface area contributed by atoms with Crippen molar-refractivity contribution in [1.29, 1.82) is 0 Å². The number of ether oxygens (including phenoxy) is 2. The third-order valence-electron chi connectivity index (χ3n) is 7.30. The molecule has 1 aromatic heterocycles. The van der Waals surface area contributed by atoms with E-state index in [9.17, 15) is 9.18 Å². The summed E-state index contributed by atoms with van der Waals surface area (Å²) in [6.07, 6.45) is 5.60. The summed E-state index contributed by atoms with van der Waals surface area (Å²) in [5, 5.41) is 0. The molecule has 2 aliphatic rings. The Morgan fingerprint density at radius 2 is 1.91 bits per heavy atom. The fourth-order valence-corrected chi connectivity index (χ4v) is 5.19. The maximum Gasteiger partial charge on any atom is 0.141 e. The zero-order valence-corrected chi connectivity index (χ0v) is 19.9. The summed E-state index contributed by atoms with van der Waals surface area (Å²) in [4.78, 5) is 16.8. The molecule has 1 heterocycles. The Kier molecular flexibility index (Phi) is 6.11. The molecule has 5 rings (SSSR count). The molecule has 4 nitrogen and oxygen atoms in total. The van der Waals surface area contributed by atoms with Crippen molar-refractivity contribution in [3.8, 4) is 22.6 Å². The van der Waals surface area contributed by atoms with Gasteiger partial charge in [-0.2, -0.15) is 0 Å². The van der Waals surface area contributed by atoms with Gasteiger partial charge in [0.15, 0.2) is 0 Å². The summed E-state index contributed by atoms with van der Waals surface area (Å²) >= 11 is 0. The van der Waals surface area contributed by atoms with Crippen molar-refractivity contribution in [3.05, 3.63) is 77.4 Å². The van der Waals surface area contributed by atoms with Crippen molar-refractivity contribution in [3.63, 3.8) is 0 Å². The zero-order chi connectivity index (χ0) is 23.8. The highest BCUT2D eigenvalue weighted by Crippen LogP contribution is 2.47. The van der Waals surface area contributed by atoms with Crippen LogP contribution in [0.5, 0.6) is 11.5 Å². The van der Waals surface area contributed by atoms with E-state index in [0.717, 1.165) is 35.4 Å². The molecule has 176 valence electrons. The average molecular weight is 460 g/mol. The number of halogens is 1. The van der Waals surface area contributed by atoms with Crippen LogP contribution in [0.3, 0.4) is 0 Å². The molecule has 0 N–H and O–H groups in total. The van der Waals surface area contributed by atoms with E-state index in [1.165, 1.54) is 24.5 Å². The standard InChI is InChI=1S/C29H30FNO3/c1-17(18(2)32)28(19-7-8-19)20-5-4-6-24(14-20)34-27-12-9-21-13-22(16-31-29(21)27)25-15-23(33-3)10-11-26(25)30/h4-6,10-11,13-17,19,27-28H,7-9,12H2,1-3H3/t17-,27-,28+/m1/s1. The summed E-state index contributed by atoms with van der Waals surface area (Å²) in [5.74, 6) is 2.19. The van der Waals surface area contributed by atoms with Gasteiger partial charge in [-0.05, 0) is 92.0 Å². The molecule has 0 radical (unpaired) electrons. The number of aryl methyl sites for hydroxylation is 1. The highest BCUT2D eigenvalue weighted by Gasteiger charge is 2.37. The Morgan fingerprint density at radius 1 is 1.09 bits per heavy atom. The molecule has 2 aromatic carbocycles. The van der Waals surface area contributed by atoms with E-state index in [-0.39, 0.29) is 29.5 Å². The van der Waals surface area contributed by atoms with Gasteiger partial charge in [0.1, 0.15) is 29.2 Å². The Balaban J connectivity index is 1.37. The Morgan fingerprint density at radius 3 is 2.65 bits per heavy atom. The second-order valence-corrected chi connectivity index (χ2v) is 9.59. The zero-order valence-electron chi connectivity index (χ0n) is 19.9. The number of pyridine rings is 1. The van der Waals surface area contributed by atoms with E-state index in [1.54, 1.807) is 32.4 Å². The number of nitrogens with zero attached hydrogens (tertiary/aromatic N) is 1. The molecule has 2 aliphatic carbocycles. The molecule has 1 fully saturated rings. The number of hydrogen-bond acceptors (Lipinski definition) is 4. The van der Waals surface area contributed by atoms with Crippen LogP contribution in [0.15, 0.2) is 54.7 Å². The quantitative estimate of drug-likeness (QED) is 0.377. The molecule has 0 bridgehead atoms. The van der Waals surface area contributed by atoms with Gasteiger partial charge in [0, 0.05) is 23.2 Å². The number of benzene rings is 2. The Bertz CT molecular complexity index is 1220. The van der Waals surface area contributed by atoms with Crippen LogP contribution in [0.1, 0.15) is 62.0 Å². The lowest BCUT2D eigenvalue weighted by atomic mass is 9.81. The van der Waals surface area contributed by atoms with Crippen molar-refractivity contribution in [2.75, 3.05) is 7.11 Å². The predicted octanol–water partition coefficient (Wildman–Crippen LogP) is 6.68. The van der Waals surface area contributed by atoms with E-state index in [2.05, 4.69) is 17.1 Å². The fourth-order valence-electron chi connectivity index (χ4n) is 5.19. The van der Waals surface area contributed by atoms with E-state index in [1.807, 2.05) is 25.1 Å².